The van der Waals surface area contributed by atoms with Crippen molar-refractivity contribution < 1.29 is 21.7 Å². The van der Waals surface area contributed by atoms with Crippen molar-refractivity contribution in [3.05, 3.63) is 67.1 Å². The second kappa shape index (κ2) is 10.2. The number of hydrogen-bond acceptors (Lipinski definition) is 1. The molecular weight excluding hydrogens is 385 g/mol. The van der Waals surface area contributed by atoms with Gasteiger partial charge in [-0.1, -0.05) is 81.4 Å². The van der Waals surface area contributed by atoms with Gasteiger partial charge in [-0.05, 0) is 21.8 Å². The first kappa shape index (κ1) is 21.1. The van der Waals surface area contributed by atoms with Crippen LogP contribution >= 0.6 is 9.69 Å². The van der Waals surface area contributed by atoms with Gasteiger partial charge in [-0.15, -0.1) is 0 Å². The first-order chi connectivity index (χ1) is 11.5. The minimum atomic E-state index is -2.41. The Morgan fingerprint density at radius 1 is 0.958 bits per heavy atom. The van der Waals surface area contributed by atoms with E-state index in [0.717, 1.165) is 17.3 Å². The van der Waals surface area contributed by atoms with Crippen molar-refractivity contribution in [1.82, 2.24) is 0 Å². The van der Waals surface area contributed by atoms with Crippen LogP contribution in [0.4, 0.5) is 0 Å². The van der Waals surface area contributed by atoms with Gasteiger partial charge in [0, 0.05) is 6.61 Å². The number of benzene rings is 2. The van der Waals surface area contributed by atoms with Crippen molar-refractivity contribution in [2.24, 2.45) is 0 Å². The maximum absolute atomic E-state index is 7.16. The van der Waals surface area contributed by atoms with Crippen LogP contribution in [0, 0.1) is 12.3 Å². The summed E-state index contributed by atoms with van der Waals surface area (Å²) in [5, 5.41) is 2.55. The van der Waals surface area contributed by atoms with Gasteiger partial charge in [-0.3, -0.25) is 0 Å². The summed E-state index contributed by atoms with van der Waals surface area (Å²) in [7, 11) is 2.35. The topological polar surface area (TPSA) is 9.23 Å². The molecular formula is C20H23ClOSiZn. The summed E-state index contributed by atoms with van der Waals surface area (Å²) in [5.41, 5.74) is 0. The summed E-state index contributed by atoms with van der Waals surface area (Å²) >= 11 is 0.847. The van der Waals surface area contributed by atoms with Crippen molar-refractivity contribution >= 4 is 28.4 Å². The van der Waals surface area contributed by atoms with Crippen molar-refractivity contribution in [2.45, 2.75) is 32.2 Å². The van der Waals surface area contributed by atoms with Gasteiger partial charge in [0.15, 0.2) is 0 Å². The van der Waals surface area contributed by atoms with Crippen LogP contribution in [0.25, 0.3) is 0 Å². The molecule has 0 bridgehead atoms. The van der Waals surface area contributed by atoms with E-state index in [0.29, 0.717) is 13.0 Å². The maximum atomic E-state index is 7.16. The van der Waals surface area contributed by atoms with E-state index < -0.39 is 8.32 Å². The third-order valence-electron chi connectivity index (χ3n) is 3.96. The molecule has 1 nitrogen and oxygen atoms in total. The normalized spacial score (nSPS) is 11.2. The number of rotatable bonds is 5. The molecule has 0 heterocycles. The van der Waals surface area contributed by atoms with Crippen LogP contribution in [0.1, 0.15) is 27.2 Å². The monoisotopic (exact) mass is 406 g/mol. The van der Waals surface area contributed by atoms with Gasteiger partial charge in [0.2, 0.25) is 0 Å². The van der Waals surface area contributed by atoms with E-state index in [2.05, 4.69) is 75.2 Å². The summed E-state index contributed by atoms with van der Waals surface area (Å²) in [6.07, 6.45) is 7.69. The molecule has 2 aromatic carbocycles. The first-order valence-corrected chi connectivity index (χ1v) is 13.7. The van der Waals surface area contributed by atoms with E-state index in [9.17, 15) is 0 Å². The zero-order valence-corrected chi connectivity index (χ0v) is 19.4. The molecule has 0 aliphatic heterocycles. The third-order valence-corrected chi connectivity index (χ3v) is 9.00. The van der Waals surface area contributed by atoms with Crippen LogP contribution in [0.2, 0.25) is 5.04 Å². The van der Waals surface area contributed by atoms with Gasteiger partial charge in [0.05, 0.1) is 0 Å². The Morgan fingerprint density at radius 3 is 1.71 bits per heavy atom. The van der Waals surface area contributed by atoms with Gasteiger partial charge in [0.1, 0.15) is 0 Å². The molecule has 0 fully saturated rings. The fraction of sp³-hybridized carbons (Fsp3) is 0.300. The summed E-state index contributed by atoms with van der Waals surface area (Å²) in [5.74, 6) is 2.44. The molecule has 2 rings (SSSR count). The van der Waals surface area contributed by atoms with Crippen LogP contribution in [-0.4, -0.2) is 14.9 Å². The van der Waals surface area contributed by atoms with E-state index in [-0.39, 0.29) is 5.04 Å². The van der Waals surface area contributed by atoms with E-state index in [1.54, 1.807) is 0 Å². The molecule has 0 N–H and O–H groups in total. The Kier molecular flexibility index (Phi) is 8.95. The van der Waals surface area contributed by atoms with Gasteiger partial charge in [0.25, 0.3) is 8.32 Å². The standard InChI is InChI=1S/C20H23OSi.ClH.Zn/c1-5-6-17-21-22(20(2,3)4,18-13-9-7-10-14-18)19-15-11-8-12-16-19;;/h7-16H,6,17H2,2-4H3;1H;/q-1;;+2/p-1. The van der Waals surface area contributed by atoms with Crippen LogP contribution in [0.5, 0.6) is 0 Å². The van der Waals surface area contributed by atoms with Crippen molar-refractivity contribution in [3.63, 3.8) is 0 Å². The van der Waals surface area contributed by atoms with Crippen LogP contribution in [0.3, 0.4) is 0 Å². The van der Waals surface area contributed by atoms with Gasteiger partial charge < -0.3 is 16.8 Å². The molecule has 24 heavy (non-hydrogen) atoms. The van der Waals surface area contributed by atoms with E-state index in [1.165, 1.54) is 10.4 Å². The molecule has 0 amide bonds. The number of halogens is 1. The zero-order chi connectivity index (χ0) is 18.1. The van der Waals surface area contributed by atoms with Crippen molar-refractivity contribution in [3.8, 4) is 5.92 Å². The summed E-state index contributed by atoms with van der Waals surface area (Å²) in [6, 6.07) is 21.1. The van der Waals surface area contributed by atoms with Crippen molar-refractivity contribution in [2.75, 3.05) is 6.61 Å². The fourth-order valence-electron chi connectivity index (χ4n) is 3.02. The Bertz CT molecular complexity index is 593. The quantitative estimate of drug-likeness (QED) is 0.312. The molecule has 0 atom stereocenters. The number of hydrogen-bond donors (Lipinski definition) is 0. The molecule has 2 aromatic rings. The molecule has 0 radical (unpaired) electrons. The molecule has 0 saturated heterocycles. The molecule has 122 valence electrons. The molecule has 0 spiro atoms. The molecule has 0 aromatic heterocycles. The van der Waals surface area contributed by atoms with Gasteiger partial charge in [-0.2, -0.15) is 0 Å². The average Bonchev–Trinajstić information content (AvgIpc) is 2.61. The van der Waals surface area contributed by atoms with Crippen LogP contribution in [0.15, 0.2) is 60.7 Å². The minimum absolute atomic E-state index is 0.00225. The predicted molar refractivity (Wildman–Crippen MR) is 101 cm³/mol. The molecule has 4 heteroatoms. The van der Waals surface area contributed by atoms with Gasteiger partial charge in [-0.25, -0.2) is 0 Å². The first-order valence-electron chi connectivity index (χ1n) is 7.93. The Balaban J connectivity index is 0.00000139. The third kappa shape index (κ3) is 4.80. The fourth-order valence-corrected chi connectivity index (χ4v) is 7.58. The summed E-state index contributed by atoms with van der Waals surface area (Å²) < 4.78 is 6.56. The zero-order valence-electron chi connectivity index (χ0n) is 14.7. The van der Waals surface area contributed by atoms with Crippen LogP contribution < -0.4 is 10.4 Å². The predicted octanol–water partition coefficient (Wildman–Crippen LogP) is 4.23. The SMILES string of the molecule is [C-]#CCCO[Si](c1ccccc1)(c1ccccc1)C(C)(C)C.[Cl][Zn+]. The van der Waals surface area contributed by atoms with Crippen molar-refractivity contribution in [1.29, 1.82) is 0 Å². The second-order valence-electron chi connectivity index (χ2n) is 6.44. The Labute approximate surface area is 161 Å². The molecule has 0 aliphatic carbocycles. The summed E-state index contributed by atoms with van der Waals surface area (Å²) in [4.78, 5) is 0. The molecule has 0 aliphatic rings. The molecule has 0 saturated carbocycles. The van der Waals surface area contributed by atoms with E-state index in [1.807, 2.05) is 12.1 Å². The second-order valence-corrected chi connectivity index (χ2v) is 10.7. The molecule has 0 unspecified atom stereocenters. The Morgan fingerprint density at radius 2 is 1.38 bits per heavy atom. The van der Waals surface area contributed by atoms with Gasteiger partial charge >= 0.3 is 27.0 Å². The van der Waals surface area contributed by atoms with Crippen LogP contribution in [-0.2, 0) is 21.7 Å². The van der Waals surface area contributed by atoms with E-state index >= 15 is 0 Å². The Hall–Kier alpha value is -0.910. The van der Waals surface area contributed by atoms with E-state index in [4.69, 9.17) is 20.5 Å². The average molecular weight is 408 g/mol. The summed E-state index contributed by atoms with van der Waals surface area (Å²) in [6.45, 7) is 7.31.